The Hall–Kier alpha value is -3.02. The summed E-state index contributed by atoms with van der Waals surface area (Å²) in [6.07, 6.45) is 1.27. The van der Waals surface area contributed by atoms with E-state index in [1.165, 1.54) is 20.5 Å². The van der Waals surface area contributed by atoms with Crippen LogP contribution < -0.4 is 14.8 Å². The van der Waals surface area contributed by atoms with Gasteiger partial charge in [0.05, 0.1) is 26.8 Å². The van der Waals surface area contributed by atoms with E-state index in [1.54, 1.807) is 18.2 Å². The zero-order chi connectivity index (χ0) is 19.7. The highest BCUT2D eigenvalue weighted by atomic mass is 16.5. The third kappa shape index (κ3) is 3.01. The Balaban J connectivity index is 1.97. The summed E-state index contributed by atoms with van der Waals surface area (Å²) in [6.45, 7) is 0. The molecule has 0 fully saturated rings. The first-order chi connectivity index (χ1) is 12.8. The van der Waals surface area contributed by atoms with E-state index in [-0.39, 0.29) is 23.7 Å². The largest absolute Gasteiger partial charge is 0.497 e. The van der Waals surface area contributed by atoms with Crippen LogP contribution in [0.25, 0.3) is 5.69 Å². The van der Waals surface area contributed by atoms with E-state index in [0.717, 1.165) is 4.68 Å². The van der Waals surface area contributed by atoms with E-state index in [9.17, 15) is 0 Å². The van der Waals surface area contributed by atoms with Crippen molar-refractivity contribution in [3.8, 4) is 17.2 Å². The molecule has 112 valence electrons. The predicted octanol–water partition coefficient (Wildman–Crippen LogP) is 3.03. The maximum Gasteiger partial charge on any atom is 0.246 e. The number of para-hydroxylation sites is 1. The predicted molar refractivity (Wildman–Crippen MR) is 84.2 cm³/mol. The number of anilines is 2. The Morgan fingerprint density at radius 3 is 2.36 bits per heavy atom. The van der Waals surface area contributed by atoms with Crippen molar-refractivity contribution < 1.29 is 16.3 Å². The molecule has 6 nitrogen and oxygen atoms in total. The lowest BCUT2D eigenvalue weighted by atomic mass is 10.3. The average Bonchev–Trinajstić information content (AvgIpc) is 3.12. The Labute approximate surface area is 135 Å². The van der Waals surface area contributed by atoms with Gasteiger partial charge in [-0.3, -0.25) is 0 Å². The Bertz CT molecular complexity index is 957. The highest BCUT2D eigenvalue weighted by Gasteiger charge is 2.06. The van der Waals surface area contributed by atoms with Gasteiger partial charge in [0, 0.05) is 23.9 Å². The van der Waals surface area contributed by atoms with Gasteiger partial charge in [-0.15, -0.1) is 5.10 Å². The van der Waals surface area contributed by atoms with Gasteiger partial charge < -0.3 is 14.8 Å². The molecule has 0 aliphatic heterocycles. The number of nitrogens with zero attached hydrogens (tertiary/aromatic N) is 3. The number of hydrogen-bond acceptors (Lipinski definition) is 5. The van der Waals surface area contributed by atoms with Gasteiger partial charge in [-0.25, -0.2) is 4.68 Å². The second kappa shape index (κ2) is 6.17. The van der Waals surface area contributed by atoms with Crippen molar-refractivity contribution in [1.82, 2.24) is 14.8 Å². The Morgan fingerprint density at radius 2 is 1.73 bits per heavy atom. The van der Waals surface area contributed by atoms with E-state index >= 15 is 0 Å². The summed E-state index contributed by atoms with van der Waals surface area (Å²) in [6, 6.07) is 3.09. The summed E-state index contributed by atoms with van der Waals surface area (Å²) in [5, 5.41) is 7.13. The first-order valence-corrected chi connectivity index (χ1v) is 6.34. The molecule has 0 bridgehead atoms. The molecule has 0 spiro atoms. The van der Waals surface area contributed by atoms with Gasteiger partial charge >= 0.3 is 0 Å². The molecule has 1 N–H and O–H groups in total. The highest BCUT2D eigenvalue weighted by Crippen LogP contribution is 2.27. The van der Waals surface area contributed by atoms with Crippen LogP contribution in [0, 0.1) is 0 Å². The summed E-state index contributed by atoms with van der Waals surface area (Å²) in [7, 11) is 3.06. The smallest absolute Gasteiger partial charge is 0.246 e. The van der Waals surface area contributed by atoms with E-state index in [0.29, 0.717) is 17.2 Å². The minimum Gasteiger partial charge on any atom is -0.497 e. The first-order valence-electron chi connectivity index (χ1n) is 8.84. The molecule has 0 aliphatic rings. The molecule has 22 heavy (non-hydrogen) atoms. The number of benzene rings is 2. The molecular weight excluding hydrogens is 280 g/mol. The van der Waals surface area contributed by atoms with Crippen LogP contribution in [0.3, 0.4) is 0 Å². The summed E-state index contributed by atoms with van der Waals surface area (Å²) in [4.78, 5) is 4.09. The second-order valence-electron chi connectivity index (χ2n) is 4.21. The molecule has 0 aliphatic carbocycles. The van der Waals surface area contributed by atoms with E-state index in [4.69, 9.17) is 16.3 Å². The SMILES string of the molecule is [2H]c1c([2H])c([2H])c(-n2cnc(Nc3cc(OC)cc(OC)c3)n2)c([2H])c1[2H]. The zero-order valence-corrected chi connectivity index (χ0v) is 12.0. The summed E-state index contributed by atoms with van der Waals surface area (Å²) in [5.74, 6) is 1.32. The van der Waals surface area contributed by atoms with Crippen molar-refractivity contribution >= 4 is 11.6 Å². The molecule has 0 radical (unpaired) electrons. The molecule has 1 aromatic heterocycles. The van der Waals surface area contributed by atoms with Crippen LogP contribution in [0.4, 0.5) is 11.6 Å². The Morgan fingerprint density at radius 1 is 1.05 bits per heavy atom. The molecule has 0 unspecified atom stereocenters. The molecule has 0 saturated carbocycles. The topological polar surface area (TPSA) is 61.2 Å². The molecule has 3 aromatic rings. The fourth-order valence-electron chi connectivity index (χ4n) is 1.79. The van der Waals surface area contributed by atoms with Crippen molar-refractivity contribution in [2.75, 3.05) is 19.5 Å². The number of hydrogen-bond donors (Lipinski definition) is 1. The average molecular weight is 301 g/mol. The van der Waals surface area contributed by atoms with Crippen LogP contribution in [0.15, 0.2) is 54.7 Å². The monoisotopic (exact) mass is 301 g/mol. The van der Waals surface area contributed by atoms with Gasteiger partial charge in [-0.05, 0) is 12.1 Å². The van der Waals surface area contributed by atoms with Crippen molar-refractivity contribution in [3.63, 3.8) is 0 Å². The normalized spacial score (nSPS) is 13.5. The number of ether oxygens (including phenoxy) is 2. The van der Waals surface area contributed by atoms with Gasteiger partial charge in [0.1, 0.15) is 17.8 Å². The number of nitrogens with one attached hydrogen (secondary N) is 1. The molecule has 6 heteroatoms. The summed E-state index contributed by atoms with van der Waals surface area (Å²) >= 11 is 0. The van der Waals surface area contributed by atoms with Crippen LogP contribution in [-0.4, -0.2) is 29.0 Å². The minimum atomic E-state index is -0.462. The quantitative estimate of drug-likeness (QED) is 0.785. The molecule has 2 aromatic carbocycles. The van der Waals surface area contributed by atoms with Crippen molar-refractivity contribution in [2.45, 2.75) is 0 Å². The van der Waals surface area contributed by atoms with Crippen LogP contribution >= 0.6 is 0 Å². The maximum absolute atomic E-state index is 7.99. The third-order valence-corrected chi connectivity index (χ3v) is 2.82. The standard InChI is InChI=1S/C16H16N4O2/c1-21-14-8-12(9-15(10-14)22-2)18-16-17-11-20(19-16)13-6-4-3-5-7-13/h3-11H,1-2H3,(H,18,19)/i3D,4D,5D,6D,7D. The van der Waals surface area contributed by atoms with Crippen molar-refractivity contribution in [2.24, 2.45) is 0 Å². The van der Waals surface area contributed by atoms with E-state index < -0.39 is 18.1 Å². The molecule has 0 atom stereocenters. The lowest BCUT2D eigenvalue weighted by Gasteiger charge is -2.08. The van der Waals surface area contributed by atoms with Crippen molar-refractivity contribution in [1.29, 1.82) is 0 Å². The molecule has 0 amide bonds. The molecule has 3 rings (SSSR count). The van der Waals surface area contributed by atoms with Crippen LogP contribution in [0.5, 0.6) is 11.5 Å². The molecule has 0 saturated heterocycles. The number of aromatic nitrogens is 3. The molecular formula is C16H16N4O2. The highest BCUT2D eigenvalue weighted by molar-refractivity contribution is 5.59. The Kier molecular flexibility index (Phi) is 2.55. The lowest BCUT2D eigenvalue weighted by molar-refractivity contribution is 0.395. The van der Waals surface area contributed by atoms with Gasteiger partial charge in [-0.1, -0.05) is 18.1 Å². The number of methoxy groups -OCH3 is 2. The van der Waals surface area contributed by atoms with E-state index in [1.807, 2.05) is 0 Å². The van der Waals surface area contributed by atoms with Gasteiger partial charge in [0.25, 0.3) is 0 Å². The lowest BCUT2D eigenvalue weighted by Crippen LogP contribution is -1.98. The zero-order valence-electron chi connectivity index (χ0n) is 17.0. The fourth-order valence-corrected chi connectivity index (χ4v) is 1.79. The summed E-state index contributed by atoms with van der Waals surface area (Å²) < 4.78 is 50.7. The fraction of sp³-hybridized carbons (Fsp3) is 0.125. The minimum absolute atomic E-state index is 0.0789. The van der Waals surface area contributed by atoms with Crippen molar-refractivity contribution in [3.05, 3.63) is 54.7 Å². The van der Waals surface area contributed by atoms with Gasteiger partial charge in [0.2, 0.25) is 5.95 Å². The van der Waals surface area contributed by atoms with Crippen LogP contribution in [-0.2, 0) is 0 Å². The summed E-state index contributed by atoms with van der Waals surface area (Å²) in [5.41, 5.74) is 0.523. The van der Waals surface area contributed by atoms with Gasteiger partial charge in [0.15, 0.2) is 0 Å². The van der Waals surface area contributed by atoms with E-state index in [2.05, 4.69) is 15.4 Å². The second-order valence-corrected chi connectivity index (χ2v) is 4.21. The van der Waals surface area contributed by atoms with Crippen LogP contribution in [0.2, 0.25) is 0 Å². The van der Waals surface area contributed by atoms with Gasteiger partial charge in [-0.2, -0.15) is 4.98 Å². The van der Waals surface area contributed by atoms with Crippen LogP contribution in [0.1, 0.15) is 6.85 Å². The first kappa shape index (κ1) is 9.09. The maximum atomic E-state index is 7.99. The molecule has 1 heterocycles. The number of rotatable bonds is 5. The third-order valence-electron chi connectivity index (χ3n) is 2.82.